The van der Waals surface area contributed by atoms with E-state index in [1.807, 2.05) is 13.8 Å². The Morgan fingerprint density at radius 3 is 2.64 bits per heavy atom. The van der Waals surface area contributed by atoms with Gasteiger partial charge in [0.25, 0.3) is 11.6 Å². The first-order chi connectivity index (χ1) is 13.4. The van der Waals surface area contributed by atoms with Gasteiger partial charge in [0.1, 0.15) is 11.3 Å². The van der Waals surface area contributed by atoms with E-state index in [1.165, 1.54) is 19.2 Å². The number of aromatic nitrogens is 1. The van der Waals surface area contributed by atoms with Crippen molar-refractivity contribution >= 4 is 38.3 Å². The van der Waals surface area contributed by atoms with Gasteiger partial charge in [0.05, 0.1) is 28.9 Å². The highest BCUT2D eigenvalue weighted by atomic mass is 32.1. The second-order valence-electron chi connectivity index (χ2n) is 6.09. The molecule has 0 saturated heterocycles. The predicted molar refractivity (Wildman–Crippen MR) is 108 cm³/mol. The Balaban J connectivity index is 1.80. The van der Waals surface area contributed by atoms with Crippen LogP contribution in [0.15, 0.2) is 36.4 Å². The van der Waals surface area contributed by atoms with Crippen molar-refractivity contribution in [2.45, 2.75) is 26.4 Å². The number of hydrogen-bond donors (Lipinski definition) is 1. The van der Waals surface area contributed by atoms with Crippen LogP contribution in [-0.2, 0) is 0 Å². The van der Waals surface area contributed by atoms with E-state index >= 15 is 0 Å². The number of amides is 1. The first kappa shape index (κ1) is 19.6. The molecule has 146 valence electrons. The van der Waals surface area contributed by atoms with Gasteiger partial charge in [-0.2, -0.15) is 0 Å². The Hall–Kier alpha value is -3.20. The zero-order chi connectivity index (χ0) is 20.3. The van der Waals surface area contributed by atoms with Gasteiger partial charge in [-0.25, -0.2) is 4.98 Å². The Bertz CT molecular complexity index is 1020. The second-order valence-corrected chi connectivity index (χ2v) is 7.12. The quantitative estimate of drug-likeness (QED) is 0.457. The van der Waals surface area contributed by atoms with Crippen molar-refractivity contribution in [2.75, 3.05) is 12.4 Å². The summed E-state index contributed by atoms with van der Waals surface area (Å²) in [5.41, 5.74) is 0.821. The summed E-state index contributed by atoms with van der Waals surface area (Å²) >= 11 is 1.14. The summed E-state index contributed by atoms with van der Waals surface area (Å²) in [5, 5.41) is 14.1. The van der Waals surface area contributed by atoms with E-state index in [0.717, 1.165) is 17.8 Å². The molecule has 0 aliphatic rings. The number of anilines is 1. The second kappa shape index (κ2) is 8.22. The highest BCUT2D eigenvalue weighted by Crippen LogP contribution is 2.36. The van der Waals surface area contributed by atoms with E-state index in [-0.39, 0.29) is 23.4 Å². The number of nitrogens with one attached hydrogen (secondary N) is 1. The van der Waals surface area contributed by atoms with Crippen molar-refractivity contribution in [1.82, 2.24) is 4.98 Å². The number of carbonyl (C=O) groups is 1. The molecular formula is C19H19N3O5S. The maximum Gasteiger partial charge on any atom is 0.274 e. The van der Waals surface area contributed by atoms with Gasteiger partial charge < -0.3 is 9.47 Å². The fourth-order valence-electron chi connectivity index (χ4n) is 2.47. The van der Waals surface area contributed by atoms with Crippen LogP contribution in [0.4, 0.5) is 10.8 Å². The fourth-order valence-corrected chi connectivity index (χ4v) is 3.38. The molecule has 9 heteroatoms. The van der Waals surface area contributed by atoms with Gasteiger partial charge in [-0.1, -0.05) is 18.3 Å². The molecule has 2 aromatic carbocycles. The number of methoxy groups -OCH3 is 1. The third-order valence-corrected chi connectivity index (χ3v) is 5.04. The van der Waals surface area contributed by atoms with Crippen LogP contribution in [-0.4, -0.2) is 29.0 Å². The summed E-state index contributed by atoms with van der Waals surface area (Å²) in [5.74, 6) is 0.651. The molecule has 0 fully saturated rings. The Labute approximate surface area is 165 Å². The van der Waals surface area contributed by atoms with Crippen LogP contribution >= 0.6 is 11.3 Å². The lowest BCUT2D eigenvalue weighted by atomic mass is 10.2. The summed E-state index contributed by atoms with van der Waals surface area (Å²) < 4.78 is 11.4. The average Bonchev–Trinajstić information content (AvgIpc) is 3.09. The number of nitrogens with zero attached hydrogens (tertiary/aromatic N) is 2. The molecule has 3 aromatic rings. The van der Waals surface area contributed by atoms with Crippen LogP contribution < -0.4 is 14.8 Å². The summed E-state index contributed by atoms with van der Waals surface area (Å²) in [6.45, 7) is 4.01. The molecule has 3 rings (SSSR count). The number of hydrogen-bond acceptors (Lipinski definition) is 7. The van der Waals surface area contributed by atoms with E-state index in [1.54, 1.807) is 24.3 Å². The Kier molecular flexibility index (Phi) is 5.74. The average molecular weight is 401 g/mol. The van der Waals surface area contributed by atoms with E-state index in [9.17, 15) is 14.9 Å². The number of thiazole rings is 1. The lowest BCUT2D eigenvalue weighted by Gasteiger charge is -2.12. The van der Waals surface area contributed by atoms with E-state index in [2.05, 4.69) is 10.3 Å². The molecule has 0 radical (unpaired) electrons. The van der Waals surface area contributed by atoms with Gasteiger partial charge >= 0.3 is 0 Å². The molecule has 1 N–H and O–H groups in total. The molecule has 8 nitrogen and oxygen atoms in total. The van der Waals surface area contributed by atoms with Crippen molar-refractivity contribution < 1.29 is 19.2 Å². The third-order valence-electron chi connectivity index (χ3n) is 4.12. The number of nitro groups is 1. The monoisotopic (exact) mass is 401 g/mol. The number of benzene rings is 2. The van der Waals surface area contributed by atoms with Crippen molar-refractivity contribution in [3.63, 3.8) is 0 Å². The fraction of sp³-hybridized carbons (Fsp3) is 0.263. The molecule has 1 aromatic heterocycles. The molecule has 0 unspecified atom stereocenters. The molecule has 1 amide bonds. The Morgan fingerprint density at radius 2 is 2.04 bits per heavy atom. The third kappa shape index (κ3) is 4.20. The number of nitro benzene ring substituents is 1. The van der Waals surface area contributed by atoms with Crippen LogP contribution in [0.3, 0.4) is 0 Å². The van der Waals surface area contributed by atoms with Gasteiger partial charge in [-0.15, -0.1) is 0 Å². The normalized spacial score (nSPS) is 11.8. The van der Waals surface area contributed by atoms with Crippen LogP contribution in [0.2, 0.25) is 0 Å². The van der Waals surface area contributed by atoms with Gasteiger partial charge in [0.2, 0.25) is 0 Å². The van der Waals surface area contributed by atoms with Crippen LogP contribution in [0.25, 0.3) is 10.2 Å². The van der Waals surface area contributed by atoms with Gasteiger partial charge in [0, 0.05) is 11.6 Å². The minimum atomic E-state index is -0.497. The standard InChI is InChI=1S/C19H19N3O5S/c1-4-11(2)27-14-7-5-12(6-8-14)18(23)21-19-20-17-15(26-3)9-13(22(24)25)10-16(17)28-19/h5-11H,4H2,1-3H3,(H,20,21,23)/t11-/m0/s1. The highest BCUT2D eigenvalue weighted by molar-refractivity contribution is 7.22. The maximum atomic E-state index is 12.5. The molecule has 0 aliphatic heterocycles. The number of non-ortho nitro benzene ring substituents is 1. The molecule has 0 bridgehead atoms. The molecule has 1 atom stereocenters. The summed E-state index contributed by atoms with van der Waals surface area (Å²) in [7, 11) is 1.42. The van der Waals surface area contributed by atoms with Gasteiger partial charge in [-0.05, 0) is 37.6 Å². The highest BCUT2D eigenvalue weighted by Gasteiger charge is 2.17. The zero-order valence-corrected chi connectivity index (χ0v) is 16.4. The first-order valence-corrected chi connectivity index (χ1v) is 9.44. The topological polar surface area (TPSA) is 104 Å². The smallest absolute Gasteiger partial charge is 0.274 e. The summed E-state index contributed by atoms with van der Waals surface area (Å²) in [6.07, 6.45) is 0.989. The number of fused-ring (bicyclic) bond motifs is 1. The SMILES string of the molecule is CC[C@H](C)Oc1ccc(C(=O)Nc2nc3c(OC)cc([N+](=O)[O-])cc3s2)cc1. The van der Waals surface area contributed by atoms with Crippen LogP contribution in [0.1, 0.15) is 30.6 Å². The van der Waals surface area contributed by atoms with E-state index in [0.29, 0.717) is 26.7 Å². The summed E-state index contributed by atoms with van der Waals surface area (Å²) in [4.78, 5) is 27.4. The number of ether oxygens (including phenoxy) is 2. The summed E-state index contributed by atoms with van der Waals surface area (Å²) in [6, 6.07) is 9.55. The Morgan fingerprint density at radius 1 is 1.32 bits per heavy atom. The zero-order valence-electron chi connectivity index (χ0n) is 15.6. The first-order valence-electron chi connectivity index (χ1n) is 8.62. The molecule has 0 aliphatic carbocycles. The van der Waals surface area contributed by atoms with Crippen LogP contribution in [0.5, 0.6) is 11.5 Å². The van der Waals surface area contributed by atoms with E-state index < -0.39 is 4.92 Å². The van der Waals surface area contributed by atoms with Gasteiger partial charge in [0.15, 0.2) is 10.9 Å². The largest absolute Gasteiger partial charge is 0.494 e. The number of carbonyl (C=O) groups excluding carboxylic acids is 1. The lowest BCUT2D eigenvalue weighted by molar-refractivity contribution is -0.384. The predicted octanol–water partition coefficient (Wildman–Crippen LogP) is 4.64. The molecule has 28 heavy (non-hydrogen) atoms. The minimum Gasteiger partial charge on any atom is -0.494 e. The van der Waals surface area contributed by atoms with Crippen molar-refractivity contribution in [3.8, 4) is 11.5 Å². The van der Waals surface area contributed by atoms with Crippen LogP contribution in [0, 0.1) is 10.1 Å². The maximum absolute atomic E-state index is 12.5. The molecule has 1 heterocycles. The minimum absolute atomic E-state index is 0.0947. The molecule has 0 spiro atoms. The lowest BCUT2D eigenvalue weighted by Crippen LogP contribution is -2.12. The van der Waals surface area contributed by atoms with Crippen molar-refractivity contribution in [3.05, 3.63) is 52.1 Å². The van der Waals surface area contributed by atoms with Gasteiger partial charge in [-0.3, -0.25) is 20.2 Å². The van der Waals surface area contributed by atoms with Crippen molar-refractivity contribution in [1.29, 1.82) is 0 Å². The molecular weight excluding hydrogens is 382 g/mol. The van der Waals surface area contributed by atoms with E-state index in [4.69, 9.17) is 9.47 Å². The molecule has 0 saturated carbocycles. The number of rotatable bonds is 7. The van der Waals surface area contributed by atoms with Crippen molar-refractivity contribution in [2.24, 2.45) is 0 Å².